The van der Waals surface area contributed by atoms with Crippen LogP contribution >= 0.6 is 0 Å². The third kappa shape index (κ3) is 1.41. The number of hydrogen-bond donors (Lipinski definition) is 1. The summed E-state index contributed by atoms with van der Waals surface area (Å²) in [7, 11) is 0. The quantitative estimate of drug-likeness (QED) is 0.662. The Morgan fingerprint density at radius 3 is 2.31 bits per heavy atom. The first-order valence-corrected chi connectivity index (χ1v) is 5.43. The number of aldehydes is 1. The van der Waals surface area contributed by atoms with E-state index in [1.165, 1.54) is 12.8 Å². The Balaban J connectivity index is 2.15. The summed E-state index contributed by atoms with van der Waals surface area (Å²) in [6.45, 7) is 0. The average molecular weight is 182 g/mol. The summed E-state index contributed by atoms with van der Waals surface area (Å²) in [4.78, 5) is 11.2. The SMILES string of the molecule is O=CC1(C2CCCC2O)CCCC1. The largest absolute Gasteiger partial charge is 0.393 e. The minimum Gasteiger partial charge on any atom is -0.393 e. The van der Waals surface area contributed by atoms with Gasteiger partial charge in [0.15, 0.2) is 0 Å². The lowest BCUT2D eigenvalue weighted by atomic mass is 9.73. The van der Waals surface area contributed by atoms with Crippen molar-refractivity contribution in [1.29, 1.82) is 0 Å². The minimum atomic E-state index is -0.205. The summed E-state index contributed by atoms with van der Waals surface area (Å²) in [5.74, 6) is 0.271. The second kappa shape index (κ2) is 3.41. The van der Waals surface area contributed by atoms with Crippen LogP contribution in [0.1, 0.15) is 44.9 Å². The predicted molar refractivity (Wildman–Crippen MR) is 50.3 cm³/mol. The van der Waals surface area contributed by atoms with E-state index in [0.717, 1.165) is 38.4 Å². The van der Waals surface area contributed by atoms with Crippen LogP contribution in [0, 0.1) is 11.3 Å². The fourth-order valence-corrected chi connectivity index (χ4v) is 3.22. The molecule has 0 heterocycles. The molecule has 2 nitrogen and oxygen atoms in total. The van der Waals surface area contributed by atoms with Gasteiger partial charge in [0.2, 0.25) is 0 Å². The third-order valence-electron chi connectivity index (χ3n) is 3.99. The Labute approximate surface area is 79.3 Å². The maximum absolute atomic E-state index is 11.2. The van der Waals surface area contributed by atoms with Gasteiger partial charge in [-0.05, 0) is 31.6 Å². The van der Waals surface area contributed by atoms with Crippen molar-refractivity contribution in [2.24, 2.45) is 11.3 Å². The summed E-state index contributed by atoms with van der Waals surface area (Å²) in [5.41, 5.74) is -0.143. The molecule has 2 heteroatoms. The normalized spacial score (nSPS) is 37.9. The molecule has 2 unspecified atom stereocenters. The maximum Gasteiger partial charge on any atom is 0.126 e. The number of aliphatic hydroxyl groups is 1. The molecular weight excluding hydrogens is 164 g/mol. The first-order valence-electron chi connectivity index (χ1n) is 5.43. The van der Waals surface area contributed by atoms with Crippen LogP contribution in [-0.2, 0) is 4.79 Å². The van der Waals surface area contributed by atoms with Crippen molar-refractivity contribution in [3.63, 3.8) is 0 Å². The number of rotatable bonds is 2. The van der Waals surface area contributed by atoms with Crippen LogP contribution in [0.4, 0.5) is 0 Å². The lowest BCUT2D eigenvalue weighted by molar-refractivity contribution is -0.121. The molecule has 0 aromatic heterocycles. The molecule has 2 aliphatic carbocycles. The van der Waals surface area contributed by atoms with Crippen molar-refractivity contribution < 1.29 is 9.90 Å². The van der Waals surface area contributed by atoms with Crippen molar-refractivity contribution in [1.82, 2.24) is 0 Å². The van der Waals surface area contributed by atoms with Crippen molar-refractivity contribution in [2.45, 2.75) is 51.0 Å². The predicted octanol–water partition coefficient (Wildman–Crippen LogP) is 1.91. The molecule has 2 fully saturated rings. The fourth-order valence-electron chi connectivity index (χ4n) is 3.22. The van der Waals surface area contributed by atoms with Gasteiger partial charge >= 0.3 is 0 Å². The topological polar surface area (TPSA) is 37.3 Å². The Morgan fingerprint density at radius 2 is 1.85 bits per heavy atom. The first-order chi connectivity index (χ1) is 6.28. The van der Waals surface area contributed by atoms with Crippen LogP contribution in [0.5, 0.6) is 0 Å². The van der Waals surface area contributed by atoms with Gasteiger partial charge in [0.1, 0.15) is 6.29 Å². The molecule has 0 saturated heterocycles. The molecule has 0 radical (unpaired) electrons. The van der Waals surface area contributed by atoms with Crippen LogP contribution < -0.4 is 0 Å². The molecule has 0 bridgehead atoms. The van der Waals surface area contributed by atoms with Crippen LogP contribution in [-0.4, -0.2) is 17.5 Å². The van der Waals surface area contributed by atoms with Gasteiger partial charge in [0.25, 0.3) is 0 Å². The lowest BCUT2D eigenvalue weighted by Gasteiger charge is -2.31. The van der Waals surface area contributed by atoms with Crippen LogP contribution in [0.3, 0.4) is 0 Å². The Hall–Kier alpha value is -0.370. The van der Waals surface area contributed by atoms with Crippen molar-refractivity contribution in [2.75, 3.05) is 0 Å². The third-order valence-corrected chi connectivity index (χ3v) is 3.99. The second-order valence-electron chi connectivity index (χ2n) is 4.66. The van der Waals surface area contributed by atoms with Crippen LogP contribution in [0.25, 0.3) is 0 Å². The number of carbonyl (C=O) groups is 1. The zero-order valence-corrected chi connectivity index (χ0v) is 8.04. The molecule has 2 aliphatic rings. The zero-order chi connectivity index (χ0) is 9.31. The van der Waals surface area contributed by atoms with E-state index < -0.39 is 0 Å². The Morgan fingerprint density at radius 1 is 1.15 bits per heavy atom. The summed E-state index contributed by atoms with van der Waals surface area (Å²) < 4.78 is 0. The summed E-state index contributed by atoms with van der Waals surface area (Å²) >= 11 is 0. The van der Waals surface area contributed by atoms with E-state index in [4.69, 9.17) is 0 Å². The molecule has 2 saturated carbocycles. The molecule has 1 N–H and O–H groups in total. The van der Waals surface area contributed by atoms with Crippen molar-refractivity contribution >= 4 is 6.29 Å². The van der Waals surface area contributed by atoms with E-state index in [0.29, 0.717) is 0 Å². The highest BCUT2D eigenvalue weighted by Gasteiger charge is 2.46. The summed E-state index contributed by atoms with van der Waals surface area (Å²) in [6.07, 6.45) is 8.35. The molecule has 0 spiro atoms. The second-order valence-corrected chi connectivity index (χ2v) is 4.66. The maximum atomic E-state index is 11.2. The van der Waals surface area contributed by atoms with Gasteiger partial charge in [-0.25, -0.2) is 0 Å². The van der Waals surface area contributed by atoms with Gasteiger partial charge < -0.3 is 9.90 Å². The van der Waals surface area contributed by atoms with E-state index in [9.17, 15) is 9.90 Å². The Kier molecular flexibility index (Phi) is 2.41. The smallest absolute Gasteiger partial charge is 0.126 e. The molecule has 2 atom stereocenters. The average Bonchev–Trinajstić information content (AvgIpc) is 2.73. The van der Waals surface area contributed by atoms with E-state index in [-0.39, 0.29) is 17.4 Å². The highest BCUT2D eigenvalue weighted by Crippen LogP contribution is 2.49. The molecule has 2 rings (SSSR count). The van der Waals surface area contributed by atoms with Gasteiger partial charge in [0, 0.05) is 5.41 Å². The summed E-state index contributed by atoms with van der Waals surface area (Å²) in [6, 6.07) is 0. The van der Waals surface area contributed by atoms with Gasteiger partial charge in [-0.15, -0.1) is 0 Å². The molecular formula is C11H18O2. The summed E-state index contributed by atoms with van der Waals surface area (Å²) in [5, 5.41) is 9.79. The molecule has 0 amide bonds. The number of carbonyl (C=O) groups excluding carboxylic acids is 1. The standard InChI is InChI=1S/C11H18O2/c12-8-11(6-1-2-7-11)9-4-3-5-10(9)13/h8-10,13H,1-7H2. The van der Waals surface area contributed by atoms with E-state index in [1.54, 1.807) is 0 Å². The van der Waals surface area contributed by atoms with E-state index in [2.05, 4.69) is 0 Å². The Bertz CT molecular complexity index is 194. The van der Waals surface area contributed by atoms with Gasteiger partial charge in [-0.1, -0.05) is 19.3 Å². The van der Waals surface area contributed by atoms with Crippen LogP contribution in [0.2, 0.25) is 0 Å². The van der Waals surface area contributed by atoms with E-state index in [1.807, 2.05) is 0 Å². The minimum absolute atomic E-state index is 0.143. The van der Waals surface area contributed by atoms with Gasteiger partial charge in [-0.3, -0.25) is 0 Å². The fraction of sp³-hybridized carbons (Fsp3) is 0.909. The molecule has 74 valence electrons. The first kappa shape index (κ1) is 9.20. The van der Waals surface area contributed by atoms with Crippen molar-refractivity contribution in [3.8, 4) is 0 Å². The number of aliphatic hydroxyl groups excluding tert-OH is 1. The number of hydrogen-bond acceptors (Lipinski definition) is 2. The monoisotopic (exact) mass is 182 g/mol. The highest BCUT2D eigenvalue weighted by molar-refractivity contribution is 5.60. The molecule has 0 aromatic rings. The van der Waals surface area contributed by atoms with Crippen molar-refractivity contribution in [3.05, 3.63) is 0 Å². The highest BCUT2D eigenvalue weighted by atomic mass is 16.3. The van der Waals surface area contributed by atoms with Gasteiger partial charge in [0.05, 0.1) is 6.10 Å². The van der Waals surface area contributed by atoms with E-state index >= 15 is 0 Å². The zero-order valence-electron chi connectivity index (χ0n) is 8.04. The molecule has 13 heavy (non-hydrogen) atoms. The van der Waals surface area contributed by atoms with Gasteiger partial charge in [-0.2, -0.15) is 0 Å². The molecule has 0 aliphatic heterocycles. The lowest BCUT2D eigenvalue weighted by Crippen LogP contribution is -2.34. The molecule has 0 aromatic carbocycles. The van der Waals surface area contributed by atoms with Crippen LogP contribution in [0.15, 0.2) is 0 Å².